The molecule has 0 unspecified atom stereocenters. The van der Waals surface area contributed by atoms with Crippen molar-refractivity contribution in [1.29, 1.82) is 0 Å². The number of aliphatic imine (C=N–C) groups is 1. The third-order valence-electron chi connectivity index (χ3n) is 3.45. The molecule has 0 amide bonds. The molecule has 0 saturated carbocycles. The number of methoxy groups -OCH3 is 1. The highest BCUT2D eigenvalue weighted by Crippen LogP contribution is 2.29. The van der Waals surface area contributed by atoms with Crippen LogP contribution in [-0.4, -0.2) is 55.7 Å². The molecule has 1 aliphatic rings. The number of nitrogens with two attached hydrogens (primary N) is 1. The molecular weight excluding hydrogens is 451 g/mol. The molecule has 1 aromatic rings. The largest absolute Gasteiger partial charge is 0.493 e. The first-order valence-electron chi connectivity index (χ1n) is 7.34. The molecular formula is C15H22F2IN3O2S. The molecule has 136 valence electrons. The first kappa shape index (κ1) is 21.1. The Morgan fingerprint density at radius 2 is 2.04 bits per heavy atom. The van der Waals surface area contributed by atoms with E-state index in [0.717, 1.165) is 30.2 Å². The van der Waals surface area contributed by atoms with Gasteiger partial charge in [0.15, 0.2) is 17.5 Å². The lowest BCUT2D eigenvalue weighted by atomic mass is 10.1. The van der Waals surface area contributed by atoms with Crippen molar-refractivity contribution >= 4 is 41.7 Å². The van der Waals surface area contributed by atoms with Crippen molar-refractivity contribution in [3.8, 4) is 11.5 Å². The Hall–Kier alpha value is -0.970. The van der Waals surface area contributed by atoms with Crippen molar-refractivity contribution in [2.24, 2.45) is 10.7 Å². The SMILES string of the molecule is COc1ccc(CCN=C(N)N2CCSCC2)cc1OC(F)F.I. The molecule has 0 aromatic heterocycles. The number of benzene rings is 1. The summed E-state index contributed by atoms with van der Waals surface area (Å²) in [5, 5.41) is 0. The second-order valence-electron chi connectivity index (χ2n) is 4.95. The number of guanidine groups is 1. The van der Waals surface area contributed by atoms with Gasteiger partial charge in [0, 0.05) is 31.1 Å². The van der Waals surface area contributed by atoms with Gasteiger partial charge in [0.1, 0.15) is 0 Å². The Kier molecular flexibility index (Phi) is 9.49. The third kappa shape index (κ3) is 6.50. The van der Waals surface area contributed by atoms with Gasteiger partial charge >= 0.3 is 6.61 Å². The number of rotatable bonds is 6. The van der Waals surface area contributed by atoms with Crippen LogP contribution < -0.4 is 15.2 Å². The predicted molar refractivity (Wildman–Crippen MR) is 104 cm³/mol. The average Bonchev–Trinajstić information content (AvgIpc) is 2.55. The normalized spacial score (nSPS) is 15.2. The zero-order valence-electron chi connectivity index (χ0n) is 13.4. The Balaban J connectivity index is 0.00000288. The highest BCUT2D eigenvalue weighted by molar-refractivity contribution is 14.0. The van der Waals surface area contributed by atoms with Crippen LogP contribution >= 0.6 is 35.7 Å². The molecule has 0 spiro atoms. The van der Waals surface area contributed by atoms with Gasteiger partial charge in [-0.15, -0.1) is 24.0 Å². The van der Waals surface area contributed by atoms with Gasteiger partial charge in [0.25, 0.3) is 0 Å². The molecule has 5 nitrogen and oxygen atoms in total. The van der Waals surface area contributed by atoms with Crippen LogP contribution in [0.4, 0.5) is 8.78 Å². The molecule has 1 aliphatic heterocycles. The molecule has 2 N–H and O–H groups in total. The summed E-state index contributed by atoms with van der Waals surface area (Å²) in [5.74, 6) is 2.97. The predicted octanol–water partition coefficient (Wildman–Crippen LogP) is 2.82. The van der Waals surface area contributed by atoms with E-state index in [1.54, 1.807) is 18.2 Å². The van der Waals surface area contributed by atoms with E-state index in [2.05, 4.69) is 14.6 Å². The highest BCUT2D eigenvalue weighted by Gasteiger charge is 2.13. The van der Waals surface area contributed by atoms with Crippen LogP contribution in [0.1, 0.15) is 5.56 Å². The number of ether oxygens (including phenoxy) is 2. The minimum atomic E-state index is -2.88. The Bertz CT molecular complexity index is 543. The standard InChI is InChI=1S/C15H21F2N3O2S.HI/c1-21-12-3-2-11(10-13(12)22-14(16)17)4-5-19-15(18)20-6-8-23-9-7-20;/h2-3,10,14H,4-9H2,1H3,(H2,18,19);1H. The number of thioether (sulfide) groups is 1. The van der Waals surface area contributed by atoms with Crippen LogP contribution in [0.15, 0.2) is 23.2 Å². The summed E-state index contributed by atoms with van der Waals surface area (Å²) in [5.41, 5.74) is 6.82. The molecule has 2 rings (SSSR count). The van der Waals surface area contributed by atoms with Crippen molar-refractivity contribution in [3.63, 3.8) is 0 Å². The summed E-state index contributed by atoms with van der Waals surface area (Å²) in [6.07, 6.45) is 0.590. The van der Waals surface area contributed by atoms with Crippen LogP contribution in [0.2, 0.25) is 0 Å². The van der Waals surface area contributed by atoms with Crippen molar-refractivity contribution in [2.45, 2.75) is 13.0 Å². The lowest BCUT2D eigenvalue weighted by Crippen LogP contribution is -2.42. The van der Waals surface area contributed by atoms with E-state index in [1.165, 1.54) is 7.11 Å². The number of hydrogen-bond acceptors (Lipinski definition) is 4. The zero-order chi connectivity index (χ0) is 16.7. The van der Waals surface area contributed by atoms with E-state index in [-0.39, 0.29) is 35.5 Å². The smallest absolute Gasteiger partial charge is 0.387 e. The molecule has 0 bridgehead atoms. The number of halogens is 3. The molecule has 1 aromatic carbocycles. The Morgan fingerprint density at radius 3 is 2.67 bits per heavy atom. The fraction of sp³-hybridized carbons (Fsp3) is 0.533. The summed E-state index contributed by atoms with van der Waals surface area (Å²) in [6.45, 7) is -0.565. The summed E-state index contributed by atoms with van der Waals surface area (Å²) >= 11 is 1.91. The lowest BCUT2D eigenvalue weighted by molar-refractivity contribution is -0.0512. The Morgan fingerprint density at radius 1 is 1.33 bits per heavy atom. The van der Waals surface area contributed by atoms with Gasteiger partial charge < -0.3 is 20.1 Å². The molecule has 1 heterocycles. The molecule has 1 fully saturated rings. The van der Waals surface area contributed by atoms with Crippen LogP contribution in [-0.2, 0) is 6.42 Å². The van der Waals surface area contributed by atoms with Gasteiger partial charge in [0.05, 0.1) is 7.11 Å². The molecule has 1 saturated heterocycles. The average molecular weight is 473 g/mol. The van der Waals surface area contributed by atoms with Gasteiger partial charge in [-0.3, -0.25) is 4.99 Å². The number of hydrogen-bond donors (Lipinski definition) is 1. The van der Waals surface area contributed by atoms with Gasteiger partial charge in [-0.2, -0.15) is 20.5 Å². The molecule has 24 heavy (non-hydrogen) atoms. The monoisotopic (exact) mass is 473 g/mol. The minimum absolute atomic E-state index is 0. The van der Waals surface area contributed by atoms with E-state index < -0.39 is 6.61 Å². The minimum Gasteiger partial charge on any atom is -0.493 e. The fourth-order valence-electron chi connectivity index (χ4n) is 2.26. The summed E-state index contributed by atoms with van der Waals surface area (Å²) in [7, 11) is 1.41. The molecule has 9 heteroatoms. The van der Waals surface area contributed by atoms with Gasteiger partial charge in [-0.05, 0) is 24.1 Å². The maximum absolute atomic E-state index is 12.4. The maximum Gasteiger partial charge on any atom is 0.387 e. The number of alkyl halides is 2. The molecule has 0 radical (unpaired) electrons. The summed E-state index contributed by atoms with van der Waals surface area (Å²) in [6, 6.07) is 4.97. The molecule has 0 aliphatic carbocycles. The lowest BCUT2D eigenvalue weighted by Gasteiger charge is -2.27. The first-order valence-corrected chi connectivity index (χ1v) is 8.50. The van der Waals surface area contributed by atoms with Crippen LogP contribution in [0.5, 0.6) is 11.5 Å². The van der Waals surface area contributed by atoms with Crippen molar-refractivity contribution in [2.75, 3.05) is 38.2 Å². The van der Waals surface area contributed by atoms with Crippen molar-refractivity contribution < 1.29 is 18.3 Å². The second kappa shape index (κ2) is 10.8. The van der Waals surface area contributed by atoms with E-state index in [9.17, 15) is 8.78 Å². The zero-order valence-corrected chi connectivity index (χ0v) is 16.6. The van der Waals surface area contributed by atoms with E-state index in [4.69, 9.17) is 10.5 Å². The van der Waals surface area contributed by atoms with Gasteiger partial charge in [0.2, 0.25) is 0 Å². The summed E-state index contributed by atoms with van der Waals surface area (Å²) in [4.78, 5) is 6.43. The highest BCUT2D eigenvalue weighted by atomic mass is 127. The van der Waals surface area contributed by atoms with E-state index >= 15 is 0 Å². The van der Waals surface area contributed by atoms with Crippen LogP contribution in [0.3, 0.4) is 0 Å². The Labute approximate surface area is 162 Å². The van der Waals surface area contributed by atoms with Gasteiger partial charge in [-0.1, -0.05) is 6.07 Å². The third-order valence-corrected chi connectivity index (χ3v) is 4.40. The van der Waals surface area contributed by atoms with Gasteiger partial charge in [-0.25, -0.2) is 0 Å². The van der Waals surface area contributed by atoms with E-state index in [0.29, 0.717) is 18.9 Å². The van der Waals surface area contributed by atoms with Crippen molar-refractivity contribution in [1.82, 2.24) is 4.90 Å². The van der Waals surface area contributed by atoms with Crippen LogP contribution in [0.25, 0.3) is 0 Å². The topological polar surface area (TPSA) is 60.1 Å². The maximum atomic E-state index is 12.4. The number of nitrogens with zero attached hydrogens (tertiary/aromatic N) is 2. The fourth-order valence-corrected chi connectivity index (χ4v) is 3.16. The van der Waals surface area contributed by atoms with Crippen LogP contribution in [0, 0.1) is 0 Å². The second-order valence-corrected chi connectivity index (χ2v) is 6.18. The first-order chi connectivity index (χ1) is 11.1. The van der Waals surface area contributed by atoms with E-state index in [1.807, 2.05) is 11.8 Å². The quantitative estimate of drug-likeness (QED) is 0.391. The van der Waals surface area contributed by atoms with Crippen molar-refractivity contribution in [3.05, 3.63) is 23.8 Å². The molecule has 0 atom stereocenters. The summed E-state index contributed by atoms with van der Waals surface area (Å²) < 4.78 is 34.3.